The summed E-state index contributed by atoms with van der Waals surface area (Å²) in [6, 6.07) is 0.150. The lowest BCUT2D eigenvalue weighted by Crippen LogP contribution is -2.40. The molecule has 0 aliphatic rings. The van der Waals surface area contributed by atoms with Crippen LogP contribution in [0, 0.1) is 0 Å². The average Bonchev–Trinajstić information content (AvgIpc) is 2.80. The highest BCUT2D eigenvalue weighted by atomic mass is 79.9. The topological polar surface area (TPSA) is 110 Å². The highest BCUT2D eigenvalue weighted by molar-refractivity contribution is 9.10. The Morgan fingerprint density at radius 3 is 2.65 bits per heavy atom. The van der Waals surface area contributed by atoms with Crippen LogP contribution in [0.2, 0.25) is 0 Å². The fourth-order valence-corrected chi connectivity index (χ4v) is 4.89. The number of hydrogen-bond donors (Lipinski definition) is 2. The van der Waals surface area contributed by atoms with Crippen molar-refractivity contribution >= 4 is 49.2 Å². The van der Waals surface area contributed by atoms with Gasteiger partial charge in [-0.15, -0.1) is 11.3 Å². The Kier molecular flexibility index (Phi) is 6.11. The van der Waals surface area contributed by atoms with Gasteiger partial charge in [0.1, 0.15) is 10.3 Å². The molecule has 0 fully saturated rings. The number of carbonyl (C=O) groups is 2. The molecule has 0 aliphatic heterocycles. The van der Waals surface area contributed by atoms with E-state index in [1.165, 1.54) is 7.11 Å². The third kappa shape index (κ3) is 4.54. The lowest BCUT2D eigenvalue weighted by molar-refractivity contribution is -0.142. The SMILES string of the molecule is COC(=O)CC[C@H](NS(=O)(=O)c1sccc1Br)C(=O)O. The standard InChI is InChI=1S/C10H12BrNO6S2/c1-18-8(13)3-2-7(9(14)15)12-20(16,17)10-6(11)4-5-19-10/h4-5,7,12H,2-3H2,1H3,(H,14,15)/t7-/m0/s1. The Balaban J connectivity index is 2.83. The van der Waals surface area contributed by atoms with Crippen molar-refractivity contribution < 1.29 is 27.9 Å². The molecule has 0 radical (unpaired) electrons. The summed E-state index contributed by atoms with van der Waals surface area (Å²) in [6.07, 6.45) is -0.383. The summed E-state index contributed by atoms with van der Waals surface area (Å²) < 4.78 is 30.9. The van der Waals surface area contributed by atoms with Gasteiger partial charge in [-0.05, 0) is 33.8 Å². The number of carbonyl (C=O) groups excluding carboxylic acids is 1. The molecule has 112 valence electrons. The molecule has 1 aromatic heterocycles. The Bertz CT molecular complexity index is 597. The third-order valence-electron chi connectivity index (χ3n) is 2.29. The van der Waals surface area contributed by atoms with Gasteiger partial charge in [0.2, 0.25) is 0 Å². The molecular weight excluding hydrogens is 374 g/mol. The second-order valence-corrected chi connectivity index (χ2v) is 7.36. The molecule has 7 nitrogen and oxygen atoms in total. The van der Waals surface area contributed by atoms with Crippen LogP contribution in [0.25, 0.3) is 0 Å². The number of rotatable bonds is 7. The lowest BCUT2D eigenvalue weighted by Gasteiger charge is -2.13. The van der Waals surface area contributed by atoms with Crippen LogP contribution in [0.5, 0.6) is 0 Å². The molecule has 1 atom stereocenters. The van der Waals surface area contributed by atoms with E-state index < -0.39 is 28.0 Å². The van der Waals surface area contributed by atoms with E-state index >= 15 is 0 Å². The van der Waals surface area contributed by atoms with Crippen molar-refractivity contribution in [1.82, 2.24) is 4.72 Å². The maximum Gasteiger partial charge on any atom is 0.321 e. The van der Waals surface area contributed by atoms with Gasteiger partial charge in [-0.2, -0.15) is 4.72 Å². The number of ether oxygens (including phenoxy) is 1. The zero-order chi connectivity index (χ0) is 15.3. The van der Waals surface area contributed by atoms with Crippen LogP contribution in [0.4, 0.5) is 0 Å². The number of halogens is 1. The first-order valence-corrected chi connectivity index (χ1v) is 8.48. The number of aliphatic carboxylic acids is 1. The molecular formula is C10H12BrNO6S2. The molecule has 0 amide bonds. The number of carboxylic acid groups (broad SMARTS) is 1. The van der Waals surface area contributed by atoms with Crippen molar-refractivity contribution in [3.8, 4) is 0 Å². The maximum atomic E-state index is 12.0. The van der Waals surface area contributed by atoms with Crippen LogP contribution in [-0.2, 0) is 24.3 Å². The van der Waals surface area contributed by atoms with Crippen LogP contribution in [-0.4, -0.2) is 38.6 Å². The largest absolute Gasteiger partial charge is 0.480 e. The summed E-state index contributed by atoms with van der Waals surface area (Å²) in [5, 5.41) is 10.6. The van der Waals surface area contributed by atoms with Crippen molar-refractivity contribution in [1.29, 1.82) is 0 Å². The highest BCUT2D eigenvalue weighted by Gasteiger charge is 2.28. The minimum Gasteiger partial charge on any atom is -0.480 e. The summed E-state index contributed by atoms with van der Waals surface area (Å²) in [5.74, 6) is -1.96. The molecule has 0 saturated heterocycles. The van der Waals surface area contributed by atoms with E-state index in [4.69, 9.17) is 5.11 Å². The first kappa shape index (κ1) is 17.1. The monoisotopic (exact) mass is 385 g/mol. The van der Waals surface area contributed by atoms with Gasteiger partial charge in [-0.1, -0.05) is 0 Å². The average molecular weight is 386 g/mol. The Labute approximate surface area is 128 Å². The summed E-state index contributed by atoms with van der Waals surface area (Å²) in [7, 11) is -2.79. The van der Waals surface area contributed by atoms with E-state index in [1.54, 1.807) is 11.4 Å². The van der Waals surface area contributed by atoms with E-state index in [2.05, 4.69) is 25.4 Å². The fraction of sp³-hybridized carbons (Fsp3) is 0.400. The van der Waals surface area contributed by atoms with E-state index in [1.807, 2.05) is 0 Å². The molecule has 1 aromatic rings. The normalized spacial score (nSPS) is 12.9. The van der Waals surface area contributed by atoms with E-state index in [0.717, 1.165) is 11.3 Å². The van der Waals surface area contributed by atoms with Gasteiger partial charge in [-0.3, -0.25) is 9.59 Å². The number of carboxylic acids is 1. The first-order chi connectivity index (χ1) is 9.27. The number of thiophene rings is 1. The zero-order valence-corrected chi connectivity index (χ0v) is 13.5. The third-order valence-corrected chi connectivity index (χ3v) is 6.43. The van der Waals surface area contributed by atoms with E-state index in [9.17, 15) is 18.0 Å². The van der Waals surface area contributed by atoms with Gasteiger partial charge >= 0.3 is 11.9 Å². The van der Waals surface area contributed by atoms with E-state index in [0.29, 0.717) is 4.47 Å². The number of nitrogens with one attached hydrogen (secondary N) is 1. The Morgan fingerprint density at radius 1 is 1.55 bits per heavy atom. The molecule has 0 aliphatic carbocycles. The summed E-state index contributed by atoms with van der Waals surface area (Å²) in [6.45, 7) is 0. The summed E-state index contributed by atoms with van der Waals surface area (Å²) >= 11 is 4.03. The highest BCUT2D eigenvalue weighted by Crippen LogP contribution is 2.27. The summed E-state index contributed by atoms with van der Waals surface area (Å²) in [4.78, 5) is 22.0. The molecule has 0 bridgehead atoms. The zero-order valence-electron chi connectivity index (χ0n) is 10.3. The van der Waals surface area contributed by atoms with Gasteiger partial charge in [0.25, 0.3) is 10.0 Å². The van der Waals surface area contributed by atoms with Crippen molar-refractivity contribution in [3.63, 3.8) is 0 Å². The van der Waals surface area contributed by atoms with Crippen LogP contribution in [0.1, 0.15) is 12.8 Å². The predicted molar refractivity (Wildman–Crippen MR) is 75.0 cm³/mol. The van der Waals surface area contributed by atoms with Crippen LogP contribution in [0.3, 0.4) is 0 Å². The molecule has 0 saturated carbocycles. The first-order valence-electron chi connectivity index (χ1n) is 5.33. The number of esters is 1. The van der Waals surface area contributed by atoms with Gasteiger partial charge in [0, 0.05) is 10.9 Å². The predicted octanol–water partition coefficient (Wildman–Crippen LogP) is 1.20. The molecule has 1 heterocycles. The van der Waals surface area contributed by atoms with Gasteiger partial charge in [-0.25, -0.2) is 8.42 Å². The molecule has 2 N–H and O–H groups in total. The van der Waals surface area contributed by atoms with Crippen molar-refractivity contribution in [2.24, 2.45) is 0 Å². The second kappa shape index (κ2) is 7.16. The van der Waals surface area contributed by atoms with Crippen molar-refractivity contribution in [2.75, 3.05) is 7.11 Å². The smallest absolute Gasteiger partial charge is 0.321 e. The van der Waals surface area contributed by atoms with Crippen LogP contribution < -0.4 is 4.72 Å². The van der Waals surface area contributed by atoms with Gasteiger partial charge < -0.3 is 9.84 Å². The molecule has 20 heavy (non-hydrogen) atoms. The molecule has 0 unspecified atom stereocenters. The quantitative estimate of drug-likeness (QED) is 0.682. The number of methoxy groups -OCH3 is 1. The van der Waals surface area contributed by atoms with Crippen LogP contribution >= 0.6 is 27.3 Å². The molecule has 0 aromatic carbocycles. The van der Waals surface area contributed by atoms with Gasteiger partial charge in [0.05, 0.1) is 7.11 Å². The minimum absolute atomic E-state index is 0.0122. The summed E-state index contributed by atoms with van der Waals surface area (Å²) in [5.41, 5.74) is 0. The second-order valence-electron chi connectivity index (χ2n) is 3.68. The van der Waals surface area contributed by atoms with Crippen molar-refractivity contribution in [3.05, 3.63) is 15.9 Å². The van der Waals surface area contributed by atoms with Crippen LogP contribution in [0.15, 0.2) is 20.1 Å². The van der Waals surface area contributed by atoms with Gasteiger partial charge in [0.15, 0.2) is 0 Å². The van der Waals surface area contributed by atoms with E-state index in [-0.39, 0.29) is 17.1 Å². The number of sulfonamides is 1. The fourth-order valence-electron chi connectivity index (χ4n) is 1.31. The Hall–Kier alpha value is -0.970. The molecule has 10 heteroatoms. The Morgan fingerprint density at radius 2 is 2.20 bits per heavy atom. The maximum absolute atomic E-state index is 12.0. The number of hydrogen-bond acceptors (Lipinski definition) is 6. The molecule has 1 rings (SSSR count). The molecule has 0 spiro atoms. The lowest BCUT2D eigenvalue weighted by atomic mass is 10.2. The minimum atomic E-state index is -3.96. The van der Waals surface area contributed by atoms with Crippen molar-refractivity contribution in [2.45, 2.75) is 23.1 Å².